The zero-order valence-electron chi connectivity index (χ0n) is 12.7. The first-order valence-electron chi connectivity index (χ1n) is 7.36. The Labute approximate surface area is 132 Å². The molecule has 1 atom stereocenters. The van der Waals surface area contributed by atoms with Gasteiger partial charge >= 0.3 is 0 Å². The molecule has 1 unspecified atom stereocenters. The third kappa shape index (κ3) is 4.64. The molecule has 21 heavy (non-hydrogen) atoms. The predicted octanol–water partition coefficient (Wildman–Crippen LogP) is 6.03. The van der Waals surface area contributed by atoms with Crippen molar-refractivity contribution in [1.29, 1.82) is 0 Å². The maximum Gasteiger partial charge on any atom is 0.0158 e. The van der Waals surface area contributed by atoms with Gasteiger partial charge in [0.2, 0.25) is 0 Å². The van der Waals surface area contributed by atoms with Crippen molar-refractivity contribution < 1.29 is 0 Å². The second-order valence-electron chi connectivity index (χ2n) is 4.98. The maximum atomic E-state index is 2.31. The summed E-state index contributed by atoms with van der Waals surface area (Å²) in [4.78, 5) is 0. The van der Waals surface area contributed by atoms with E-state index in [1.807, 2.05) is 11.8 Å². The van der Waals surface area contributed by atoms with Gasteiger partial charge in [-0.3, -0.25) is 0 Å². The van der Waals surface area contributed by atoms with E-state index in [9.17, 15) is 0 Å². The summed E-state index contributed by atoms with van der Waals surface area (Å²) >= 11 is 1.86. The summed E-state index contributed by atoms with van der Waals surface area (Å²) in [7, 11) is 0. The van der Waals surface area contributed by atoms with Crippen LogP contribution in [0.3, 0.4) is 0 Å². The van der Waals surface area contributed by atoms with E-state index in [0.717, 1.165) is 5.75 Å². The number of allylic oxidation sites excluding steroid dienone is 8. The van der Waals surface area contributed by atoms with E-state index >= 15 is 0 Å². The van der Waals surface area contributed by atoms with Crippen LogP contribution in [0, 0.1) is 5.92 Å². The summed E-state index contributed by atoms with van der Waals surface area (Å²) < 4.78 is 0. The first-order valence-corrected chi connectivity index (χ1v) is 8.41. The van der Waals surface area contributed by atoms with Crippen LogP contribution >= 0.6 is 11.8 Å². The molecule has 1 heteroatoms. The Hall–Kier alpha value is -1.73. The van der Waals surface area contributed by atoms with Gasteiger partial charge < -0.3 is 0 Å². The van der Waals surface area contributed by atoms with Crippen LogP contribution in [0.1, 0.15) is 19.4 Å². The summed E-state index contributed by atoms with van der Waals surface area (Å²) in [6.07, 6.45) is 15.2. The van der Waals surface area contributed by atoms with Gasteiger partial charge in [0.1, 0.15) is 0 Å². The highest BCUT2D eigenvalue weighted by molar-refractivity contribution is 8.02. The Morgan fingerprint density at radius 3 is 2.76 bits per heavy atom. The van der Waals surface area contributed by atoms with Crippen molar-refractivity contribution in [1.82, 2.24) is 0 Å². The van der Waals surface area contributed by atoms with Gasteiger partial charge in [0, 0.05) is 11.7 Å². The fourth-order valence-corrected chi connectivity index (χ4v) is 3.09. The highest BCUT2D eigenvalue weighted by Crippen LogP contribution is 2.32. The predicted molar refractivity (Wildman–Crippen MR) is 97.2 cm³/mol. The Balaban J connectivity index is 2.44. The van der Waals surface area contributed by atoms with E-state index in [2.05, 4.69) is 92.1 Å². The average molecular weight is 294 g/mol. The molecule has 0 N–H and O–H groups in total. The summed E-state index contributed by atoms with van der Waals surface area (Å²) in [5.41, 5.74) is 3.96. The lowest BCUT2D eigenvalue weighted by molar-refractivity contribution is 0.900. The molecule has 0 amide bonds. The van der Waals surface area contributed by atoms with E-state index < -0.39 is 0 Å². The van der Waals surface area contributed by atoms with Gasteiger partial charge in [-0.1, -0.05) is 79.8 Å². The minimum Gasteiger partial charge on any atom is -0.130 e. The summed E-state index contributed by atoms with van der Waals surface area (Å²) in [5.74, 6) is 1.42. The Kier molecular flexibility index (Phi) is 6.36. The van der Waals surface area contributed by atoms with Crippen molar-refractivity contribution in [3.8, 4) is 0 Å². The Bertz CT molecular complexity index is 586. The van der Waals surface area contributed by atoms with Crippen molar-refractivity contribution in [2.24, 2.45) is 5.92 Å². The first kappa shape index (κ1) is 15.7. The fourth-order valence-electron chi connectivity index (χ4n) is 2.25. The standard InChI is InChI=1S/C20H22S/c1-3-4-14-19(18-12-8-5-9-13-18)20-16-21-15-10-6-7-11-17(20)2/h3-14,16-17H,15H2,1-2H3/b4-3-,10-6-,11-7-,19-14-,20-16?. The van der Waals surface area contributed by atoms with Crippen LogP contribution in [0.5, 0.6) is 0 Å². The summed E-state index contributed by atoms with van der Waals surface area (Å²) in [6.45, 7) is 4.31. The van der Waals surface area contributed by atoms with E-state index in [4.69, 9.17) is 0 Å². The van der Waals surface area contributed by atoms with Crippen LogP contribution in [0.4, 0.5) is 0 Å². The van der Waals surface area contributed by atoms with Crippen LogP contribution in [-0.2, 0) is 0 Å². The van der Waals surface area contributed by atoms with Gasteiger partial charge in [0.15, 0.2) is 0 Å². The van der Waals surface area contributed by atoms with Crippen molar-refractivity contribution >= 4 is 17.3 Å². The third-order valence-corrected chi connectivity index (χ3v) is 4.20. The molecule has 0 aliphatic carbocycles. The molecule has 1 aliphatic rings. The summed E-state index contributed by atoms with van der Waals surface area (Å²) in [6, 6.07) is 10.6. The molecule has 0 nitrogen and oxygen atoms in total. The average Bonchev–Trinajstić information content (AvgIpc) is 2.62. The summed E-state index contributed by atoms with van der Waals surface area (Å²) in [5, 5.41) is 2.31. The second-order valence-corrected chi connectivity index (χ2v) is 5.88. The molecule has 0 radical (unpaired) electrons. The van der Waals surface area contributed by atoms with E-state index in [1.54, 1.807) is 0 Å². The number of hydrogen-bond acceptors (Lipinski definition) is 1. The van der Waals surface area contributed by atoms with Crippen LogP contribution in [0.15, 0.2) is 83.8 Å². The zero-order chi connectivity index (χ0) is 14.9. The normalized spacial score (nSPS) is 23.0. The van der Waals surface area contributed by atoms with E-state index in [-0.39, 0.29) is 0 Å². The van der Waals surface area contributed by atoms with Crippen LogP contribution in [-0.4, -0.2) is 5.75 Å². The lowest BCUT2D eigenvalue weighted by Crippen LogP contribution is -1.99. The van der Waals surface area contributed by atoms with Crippen molar-refractivity contribution in [2.75, 3.05) is 5.75 Å². The Morgan fingerprint density at radius 2 is 2.00 bits per heavy atom. The van der Waals surface area contributed by atoms with Crippen LogP contribution in [0.2, 0.25) is 0 Å². The fraction of sp³-hybridized carbons (Fsp3) is 0.200. The van der Waals surface area contributed by atoms with Gasteiger partial charge in [-0.05, 0) is 29.0 Å². The molecule has 1 aromatic rings. The lowest BCUT2D eigenvalue weighted by Gasteiger charge is -2.17. The quantitative estimate of drug-likeness (QED) is 0.614. The molecule has 0 bridgehead atoms. The SMILES string of the molecule is C/C=C\C=C(/C1=CSC/C=C\C=C/C1C)c1ccccc1. The number of hydrogen-bond donors (Lipinski definition) is 0. The van der Waals surface area contributed by atoms with Gasteiger partial charge in [-0.15, -0.1) is 11.8 Å². The molecule has 1 heterocycles. The number of benzene rings is 1. The minimum atomic E-state index is 0.400. The van der Waals surface area contributed by atoms with Gasteiger partial charge in [0.25, 0.3) is 0 Å². The van der Waals surface area contributed by atoms with Crippen LogP contribution < -0.4 is 0 Å². The van der Waals surface area contributed by atoms with Crippen molar-refractivity contribution in [3.63, 3.8) is 0 Å². The molecule has 1 aromatic carbocycles. The molecular formula is C20H22S. The molecule has 2 rings (SSSR count). The lowest BCUT2D eigenvalue weighted by atomic mass is 9.89. The monoisotopic (exact) mass is 294 g/mol. The molecule has 0 aromatic heterocycles. The number of rotatable bonds is 3. The van der Waals surface area contributed by atoms with Crippen molar-refractivity contribution in [2.45, 2.75) is 13.8 Å². The molecule has 0 saturated carbocycles. The van der Waals surface area contributed by atoms with Gasteiger partial charge in [-0.2, -0.15) is 0 Å². The molecule has 0 spiro atoms. The van der Waals surface area contributed by atoms with E-state index in [0.29, 0.717) is 5.92 Å². The zero-order valence-corrected chi connectivity index (χ0v) is 13.5. The van der Waals surface area contributed by atoms with Gasteiger partial charge in [0.05, 0.1) is 0 Å². The van der Waals surface area contributed by atoms with Gasteiger partial charge in [-0.25, -0.2) is 0 Å². The molecular weight excluding hydrogens is 272 g/mol. The highest BCUT2D eigenvalue weighted by atomic mass is 32.2. The first-order chi connectivity index (χ1) is 10.3. The molecule has 108 valence electrons. The highest BCUT2D eigenvalue weighted by Gasteiger charge is 2.13. The van der Waals surface area contributed by atoms with E-state index in [1.165, 1.54) is 16.7 Å². The van der Waals surface area contributed by atoms with Crippen LogP contribution in [0.25, 0.3) is 5.57 Å². The third-order valence-electron chi connectivity index (χ3n) is 3.39. The Morgan fingerprint density at radius 1 is 1.19 bits per heavy atom. The second kappa shape index (κ2) is 8.53. The maximum absolute atomic E-state index is 2.31. The van der Waals surface area contributed by atoms with Crippen molar-refractivity contribution in [3.05, 3.63) is 89.4 Å². The molecule has 0 fully saturated rings. The molecule has 0 saturated heterocycles. The topological polar surface area (TPSA) is 0 Å². The molecule has 1 aliphatic heterocycles. The number of thioether (sulfide) groups is 1. The smallest absolute Gasteiger partial charge is 0.0158 e. The minimum absolute atomic E-state index is 0.400. The largest absolute Gasteiger partial charge is 0.130 e.